The number of fused-ring (bicyclic) bond motifs is 1. The van der Waals surface area contributed by atoms with E-state index in [9.17, 15) is 13.2 Å². The molecule has 0 saturated carbocycles. The van der Waals surface area contributed by atoms with E-state index in [4.69, 9.17) is 21.4 Å². The Bertz CT molecular complexity index is 1210. The molecule has 0 aliphatic carbocycles. The summed E-state index contributed by atoms with van der Waals surface area (Å²) in [4.78, 5) is 11.6. The third kappa shape index (κ3) is 6.14. The van der Waals surface area contributed by atoms with Crippen molar-refractivity contribution in [3.8, 4) is 5.75 Å². The minimum Gasteiger partial charge on any atom is -0.482 e. The van der Waals surface area contributed by atoms with Gasteiger partial charge in [0.05, 0.1) is 0 Å². The van der Waals surface area contributed by atoms with Gasteiger partial charge in [-0.15, -0.1) is 23.1 Å². The van der Waals surface area contributed by atoms with Crippen molar-refractivity contribution in [2.45, 2.75) is 23.0 Å². The van der Waals surface area contributed by atoms with Gasteiger partial charge in [0.1, 0.15) is 15.8 Å². The number of sulfone groups is 1. The van der Waals surface area contributed by atoms with Crippen molar-refractivity contribution in [1.29, 1.82) is 0 Å². The predicted molar refractivity (Wildman–Crippen MR) is 127 cm³/mol. The van der Waals surface area contributed by atoms with Crippen molar-refractivity contribution in [3.05, 3.63) is 52.5 Å². The monoisotopic (exact) mass is 499 g/mol. The number of aliphatic carboxylic acids is 1. The normalized spacial score (nSPS) is 11.7. The molecule has 166 valence electrons. The molecule has 2 N–H and O–H groups in total. The zero-order valence-electron chi connectivity index (χ0n) is 17.0. The van der Waals surface area contributed by atoms with E-state index in [1.807, 2.05) is 32.0 Å². The van der Waals surface area contributed by atoms with E-state index < -0.39 is 15.8 Å². The summed E-state index contributed by atoms with van der Waals surface area (Å²) in [5.41, 5.74) is 1.58. The van der Waals surface area contributed by atoms with E-state index in [0.29, 0.717) is 27.3 Å². The van der Waals surface area contributed by atoms with Gasteiger partial charge in [-0.25, -0.2) is 13.2 Å². The van der Waals surface area contributed by atoms with Crippen LogP contribution in [0.25, 0.3) is 10.1 Å². The Kier molecular flexibility index (Phi) is 7.87. The molecule has 1 heterocycles. The van der Waals surface area contributed by atoms with Crippen molar-refractivity contribution in [1.82, 2.24) is 5.32 Å². The summed E-state index contributed by atoms with van der Waals surface area (Å²) in [5, 5.41) is 13.2. The van der Waals surface area contributed by atoms with Crippen LogP contribution in [0.1, 0.15) is 11.1 Å². The molecular weight excluding hydrogens is 478 g/mol. The lowest BCUT2D eigenvalue weighted by molar-refractivity contribution is -0.139. The first-order valence-corrected chi connectivity index (χ1v) is 13.2. The molecule has 6 nitrogen and oxygen atoms in total. The molecule has 0 bridgehead atoms. The summed E-state index contributed by atoms with van der Waals surface area (Å²) in [6, 6.07) is 10.9. The molecular formula is C21H22ClNO5S3. The lowest BCUT2D eigenvalue weighted by Crippen LogP contribution is -2.25. The number of aryl methyl sites for hydroxylation is 2. The summed E-state index contributed by atoms with van der Waals surface area (Å²) in [6.07, 6.45) is 0. The first-order valence-electron chi connectivity index (χ1n) is 9.37. The maximum absolute atomic E-state index is 12.8. The number of carbonyl (C=O) groups is 1. The first-order chi connectivity index (χ1) is 14.7. The molecule has 0 fully saturated rings. The molecule has 3 aromatic rings. The number of carboxylic acids is 1. The number of carboxylic acid groups (broad SMARTS) is 1. The lowest BCUT2D eigenvalue weighted by atomic mass is 10.2. The van der Waals surface area contributed by atoms with Crippen molar-refractivity contribution in [2.75, 3.05) is 24.8 Å². The van der Waals surface area contributed by atoms with Gasteiger partial charge in [0.25, 0.3) is 0 Å². The number of thiophene rings is 1. The molecule has 0 saturated heterocycles. The Morgan fingerprint density at radius 1 is 1.23 bits per heavy atom. The van der Waals surface area contributed by atoms with Gasteiger partial charge < -0.3 is 15.2 Å². The van der Waals surface area contributed by atoms with E-state index in [1.54, 1.807) is 30.0 Å². The molecule has 2 aromatic carbocycles. The minimum absolute atomic E-state index is 0.129. The van der Waals surface area contributed by atoms with Gasteiger partial charge in [-0.3, -0.25) is 0 Å². The molecule has 0 radical (unpaired) electrons. The summed E-state index contributed by atoms with van der Waals surface area (Å²) >= 11 is 8.89. The number of thioether (sulfide) groups is 1. The first kappa shape index (κ1) is 23.9. The lowest BCUT2D eigenvalue weighted by Gasteiger charge is -2.09. The predicted octanol–water partition coefficient (Wildman–Crippen LogP) is 4.75. The van der Waals surface area contributed by atoms with Crippen LogP contribution in [0.2, 0.25) is 5.02 Å². The number of nitrogens with one attached hydrogen (secondary N) is 1. The van der Waals surface area contributed by atoms with Gasteiger partial charge in [-0.05, 0) is 66.8 Å². The summed E-state index contributed by atoms with van der Waals surface area (Å²) in [6.45, 7) is 3.81. The molecule has 0 atom stereocenters. The topological polar surface area (TPSA) is 92.7 Å². The van der Waals surface area contributed by atoms with E-state index in [1.165, 1.54) is 11.3 Å². The van der Waals surface area contributed by atoms with Crippen LogP contribution < -0.4 is 10.1 Å². The van der Waals surface area contributed by atoms with E-state index in [2.05, 4.69) is 5.32 Å². The second-order valence-electron chi connectivity index (χ2n) is 6.87. The van der Waals surface area contributed by atoms with Crippen LogP contribution in [0.4, 0.5) is 0 Å². The quantitative estimate of drug-likeness (QED) is 0.307. The van der Waals surface area contributed by atoms with Crippen LogP contribution in [0.5, 0.6) is 5.75 Å². The molecule has 0 amide bonds. The maximum atomic E-state index is 12.8. The Labute approximate surface area is 194 Å². The highest BCUT2D eigenvalue weighted by Crippen LogP contribution is 2.35. The molecule has 0 aliphatic heterocycles. The fraction of sp³-hybridized carbons (Fsp3) is 0.286. The number of hydrogen-bond donors (Lipinski definition) is 2. The number of hydrogen-bond acceptors (Lipinski definition) is 7. The van der Waals surface area contributed by atoms with E-state index >= 15 is 0 Å². The Morgan fingerprint density at radius 2 is 2.00 bits per heavy atom. The van der Waals surface area contributed by atoms with Crippen LogP contribution in [-0.4, -0.2) is 44.3 Å². The third-order valence-corrected chi connectivity index (χ3v) is 9.24. The molecule has 0 spiro atoms. The number of rotatable bonds is 10. The van der Waals surface area contributed by atoms with Crippen molar-refractivity contribution >= 4 is 60.6 Å². The zero-order valence-corrected chi connectivity index (χ0v) is 20.2. The summed E-state index contributed by atoms with van der Waals surface area (Å²) in [7, 11) is -3.45. The van der Waals surface area contributed by atoms with Crippen LogP contribution in [-0.2, 0) is 14.6 Å². The molecule has 0 aliphatic rings. The fourth-order valence-corrected chi connectivity index (χ4v) is 7.07. The second kappa shape index (κ2) is 10.2. The van der Waals surface area contributed by atoms with Crippen LogP contribution >= 0.6 is 34.7 Å². The largest absolute Gasteiger partial charge is 0.482 e. The Balaban J connectivity index is 1.52. The average molecular weight is 500 g/mol. The summed E-state index contributed by atoms with van der Waals surface area (Å²) in [5.74, 6) is 0.0748. The number of benzene rings is 2. The van der Waals surface area contributed by atoms with Gasteiger partial charge in [0, 0.05) is 26.9 Å². The SMILES string of the molecule is Cc1cc(SCCNCS(=O)(=O)c2sc3ccc(Cl)cc3c2C)ccc1OCC(=O)O. The van der Waals surface area contributed by atoms with Crippen LogP contribution in [0.15, 0.2) is 45.5 Å². The average Bonchev–Trinajstić information content (AvgIpc) is 3.04. The third-order valence-electron chi connectivity index (χ3n) is 4.47. The van der Waals surface area contributed by atoms with Gasteiger partial charge in [-0.1, -0.05) is 11.6 Å². The van der Waals surface area contributed by atoms with Gasteiger partial charge in [0.2, 0.25) is 9.84 Å². The van der Waals surface area contributed by atoms with Crippen LogP contribution in [0, 0.1) is 13.8 Å². The van der Waals surface area contributed by atoms with Gasteiger partial charge >= 0.3 is 5.97 Å². The highest BCUT2D eigenvalue weighted by molar-refractivity contribution is 7.99. The zero-order chi connectivity index (χ0) is 22.6. The van der Waals surface area contributed by atoms with Crippen molar-refractivity contribution in [3.63, 3.8) is 0 Å². The molecule has 1 aromatic heterocycles. The summed E-state index contributed by atoms with van der Waals surface area (Å²) < 4.78 is 32.1. The number of halogens is 1. The van der Waals surface area contributed by atoms with Crippen LogP contribution in [0.3, 0.4) is 0 Å². The fourth-order valence-electron chi connectivity index (χ4n) is 2.99. The highest BCUT2D eigenvalue weighted by Gasteiger charge is 2.21. The number of ether oxygens (including phenoxy) is 1. The Hall–Kier alpha value is -1.78. The van der Waals surface area contributed by atoms with Crippen molar-refractivity contribution < 1.29 is 23.1 Å². The molecule has 3 rings (SSSR count). The van der Waals surface area contributed by atoms with E-state index in [-0.39, 0.29) is 12.5 Å². The van der Waals surface area contributed by atoms with Gasteiger partial charge in [0.15, 0.2) is 6.61 Å². The van der Waals surface area contributed by atoms with Crippen molar-refractivity contribution in [2.24, 2.45) is 0 Å². The molecule has 10 heteroatoms. The Morgan fingerprint density at radius 3 is 2.71 bits per heavy atom. The van der Waals surface area contributed by atoms with Gasteiger partial charge in [-0.2, -0.15) is 0 Å². The highest BCUT2D eigenvalue weighted by atomic mass is 35.5. The molecule has 0 unspecified atom stereocenters. The second-order valence-corrected chi connectivity index (χ2v) is 11.7. The van der Waals surface area contributed by atoms with E-state index in [0.717, 1.165) is 26.1 Å². The maximum Gasteiger partial charge on any atom is 0.341 e. The smallest absolute Gasteiger partial charge is 0.341 e. The standard InChI is InChI=1S/C21H22ClNO5S3/c1-13-9-16(4-5-18(13)28-11-20(24)25)29-8-7-23-12-31(26,27)21-14(2)17-10-15(22)3-6-19(17)30-21/h3-6,9-10,23H,7-8,11-12H2,1-2H3,(H,24,25). The minimum atomic E-state index is -3.45. The molecule has 31 heavy (non-hydrogen) atoms.